The summed E-state index contributed by atoms with van der Waals surface area (Å²) in [7, 11) is 1.60. The summed E-state index contributed by atoms with van der Waals surface area (Å²) in [6.07, 6.45) is 0. The zero-order valence-corrected chi connectivity index (χ0v) is 18.3. The quantitative estimate of drug-likeness (QED) is 0.620. The van der Waals surface area contributed by atoms with E-state index in [-0.39, 0.29) is 18.4 Å². The van der Waals surface area contributed by atoms with Crippen LogP contribution < -0.4 is 14.5 Å². The zero-order chi connectivity index (χ0) is 22.1. The molecule has 1 aliphatic heterocycles. The normalized spacial score (nSPS) is 16.6. The second kappa shape index (κ2) is 8.26. The first-order chi connectivity index (χ1) is 14.9. The number of carbonyl (C=O) groups excluding carboxylic acids is 2. The lowest BCUT2D eigenvalue weighted by Gasteiger charge is -2.40. The number of rotatable bonds is 4. The number of piperazine rings is 1. The number of methoxy groups -OCH3 is 1. The second-order valence-corrected chi connectivity index (χ2v) is 7.97. The summed E-state index contributed by atoms with van der Waals surface area (Å²) in [5.74, 6) is 0.447. The van der Waals surface area contributed by atoms with E-state index >= 15 is 0 Å². The lowest BCUT2D eigenvalue weighted by Crippen LogP contribution is -2.56. The highest BCUT2D eigenvalue weighted by Gasteiger charge is 2.41. The zero-order valence-electron chi connectivity index (χ0n) is 18.3. The minimum Gasteiger partial charge on any atom is -0.497 e. The van der Waals surface area contributed by atoms with Crippen molar-refractivity contribution in [3.63, 3.8) is 0 Å². The molecule has 5 heteroatoms. The summed E-state index contributed by atoms with van der Waals surface area (Å²) in [5, 5.41) is 0. The summed E-state index contributed by atoms with van der Waals surface area (Å²) in [6, 6.07) is 20.1. The topological polar surface area (TPSA) is 49.9 Å². The molecule has 0 aromatic heterocycles. The molecule has 1 heterocycles. The van der Waals surface area contributed by atoms with Gasteiger partial charge in [0, 0.05) is 11.4 Å². The molecule has 3 aromatic carbocycles. The second-order valence-electron chi connectivity index (χ2n) is 7.97. The average molecular weight is 415 g/mol. The van der Waals surface area contributed by atoms with Gasteiger partial charge in [0.05, 0.1) is 7.11 Å². The van der Waals surface area contributed by atoms with E-state index in [9.17, 15) is 9.59 Å². The summed E-state index contributed by atoms with van der Waals surface area (Å²) in [6.45, 7) is 6.04. The molecule has 0 N–H and O–H groups in total. The molecule has 1 fully saturated rings. The molecule has 0 bridgehead atoms. The van der Waals surface area contributed by atoms with Gasteiger partial charge in [0.15, 0.2) is 0 Å². The van der Waals surface area contributed by atoms with Gasteiger partial charge < -0.3 is 9.64 Å². The van der Waals surface area contributed by atoms with Gasteiger partial charge in [-0.25, -0.2) is 0 Å². The lowest BCUT2D eigenvalue weighted by atomic mass is 9.98. The number of hydrogen-bond donors (Lipinski definition) is 0. The Bertz CT molecular complexity index is 1120. The Kier molecular flexibility index (Phi) is 5.51. The van der Waals surface area contributed by atoms with Gasteiger partial charge in [-0.1, -0.05) is 35.9 Å². The number of anilines is 2. The fourth-order valence-corrected chi connectivity index (χ4v) is 3.88. The smallest absolute Gasteiger partial charge is 0.255 e. The molecular weight excluding hydrogens is 388 g/mol. The van der Waals surface area contributed by atoms with Crippen LogP contribution in [0, 0.1) is 20.8 Å². The summed E-state index contributed by atoms with van der Waals surface area (Å²) >= 11 is 0. The number of benzene rings is 3. The van der Waals surface area contributed by atoms with Crippen molar-refractivity contribution in [3.8, 4) is 5.75 Å². The van der Waals surface area contributed by atoms with E-state index in [1.807, 2.05) is 87.5 Å². The number of amides is 2. The molecule has 1 unspecified atom stereocenters. The van der Waals surface area contributed by atoms with Crippen molar-refractivity contribution < 1.29 is 14.3 Å². The van der Waals surface area contributed by atoms with Crippen LogP contribution in [-0.2, 0) is 9.59 Å². The van der Waals surface area contributed by atoms with Crippen LogP contribution in [0.15, 0.2) is 66.7 Å². The Morgan fingerprint density at radius 2 is 1.45 bits per heavy atom. The summed E-state index contributed by atoms with van der Waals surface area (Å²) < 4.78 is 5.27. The first-order valence-corrected chi connectivity index (χ1v) is 10.3. The molecule has 31 heavy (non-hydrogen) atoms. The molecule has 0 radical (unpaired) electrons. The number of nitrogens with zero attached hydrogens (tertiary/aromatic N) is 2. The van der Waals surface area contributed by atoms with E-state index in [4.69, 9.17) is 4.74 Å². The van der Waals surface area contributed by atoms with Crippen molar-refractivity contribution in [3.05, 3.63) is 89.0 Å². The third-order valence-corrected chi connectivity index (χ3v) is 5.87. The van der Waals surface area contributed by atoms with Gasteiger partial charge in [-0.15, -0.1) is 0 Å². The van der Waals surface area contributed by atoms with Crippen molar-refractivity contribution in [2.24, 2.45) is 0 Å². The molecule has 158 valence electrons. The maximum Gasteiger partial charge on any atom is 0.255 e. The van der Waals surface area contributed by atoms with Crippen molar-refractivity contribution >= 4 is 23.2 Å². The molecular formula is C26H26N2O3. The first-order valence-electron chi connectivity index (χ1n) is 10.3. The fraction of sp³-hybridized carbons (Fsp3) is 0.231. The Labute approximate surface area is 182 Å². The summed E-state index contributed by atoms with van der Waals surface area (Å²) in [4.78, 5) is 30.4. The van der Waals surface area contributed by atoms with Crippen LogP contribution in [-0.4, -0.2) is 25.5 Å². The minimum atomic E-state index is -0.754. The Hall–Kier alpha value is -3.60. The highest BCUT2D eigenvalue weighted by atomic mass is 16.5. The number of ether oxygens (including phenoxy) is 1. The van der Waals surface area contributed by atoms with Crippen molar-refractivity contribution in [1.82, 2.24) is 0 Å². The minimum absolute atomic E-state index is 0.00146. The van der Waals surface area contributed by atoms with Gasteiger partial charge in [0.25, 0.3) is 5.91 Å². The van der Waals surface area contributed by atoms with Crippen LogP contribution in [0.25, 0.3) is 0 Å². The van der Waals surface area contributed by atoms with E-state index in [1.165, 1.54) is 0 Å². The predicted molar refractivity (Wildman–Crippen MR) is 123 cm³/mol. The van der Waals surface area contributed by atoms with E-state index in [1.54, 1.807) is 16.9 Å². The van der Waals surface area contributed by atoms with E-state index in [0.29, 0.717) is 5.75 Å². The molecule has 0 saturated carbocycles. The van der Waals surface area contributed by atoms with Crippen molar-refractivity contribution in [2.45, 2.75) is 26.8 Å². The monoisotopic (exact) mass is 414 g/mol. The van der Waals surface area contributed by atoms with Crippen LogP contribution in [0.3, 0.4) is 0 Å². The van der Waals surface area contributed by atoms with Gasteiger partial charge in [-0.2, -0.15) is 0 Å². The summed E-state index contributed by atoms with van der Waals surface area (Å²) in [5.41, 5.74) is 5.51. The van der Waals surface area contributed by atoms with Crippen LogP contribution in [0.5, 0.6) is 5.75 Å². The maximum absolute atomic E-state index is 13.7. The molecule has 3 aromatic rings. The largest absolute Gasteiger partial charge is 0.497 e. The molecule has 1 atom stereocenters. The first kappa shape index (κ1) is 20.7. The van der Waals surface area contributed by atoms with Gasteiger partial charge in [-0.05, 0) is 73.9 Å². The van der Waals surface area contributed by atoms with Crippen LogP contribution in [0.4, 0.5) is 11.4 Å². The molecule has 0 aliphatic carbocycles. The predicted octanol–water partition coefficient (Wildman–Crippen LogP) is 4.74. The van der Waals surface area contributed by atoms with Gasteiger partial charge in [0.2, 0.25) is 5.91 Å². The molecule has 4 rings (SSSR count). The van der Waals surface area contributed by atoms with Crippen molar-refractivity contribution in [1.29, 1.82) is 0 Å². The van der Waals surface area contributed by atoms with Gasteiger partial charge in [-0.3, -0.25) is 14.5 Å². The molecule has 0 spiro atoms. The maximum atomic E-state index is 13.7. The molecule has 1 saturated heterocycles. The van der Waals surface area contributed by atoms with Crippen LogP contribution in [0.2, 0.25) is 0 Å². The van der Waals surface area contributed by atoms with Crippen LogP contribution in [0.1, 0.15) is 28.3 Å². The highest BCUT2D eigenvalue weighted by Crippen LogP contribution is 2.35. The Balaban J connectivity index is 1.81. The molecule has 1 aliphatic rings. The Morgan fingerprint density at radius 3 is 2.06 bits per heavy atom. The van der Waals surface area contributed by atoms with Gasteiger partial charge in [0.1, 0.15) is 18.3 Å². The van der Waals surface area contributed by atoms with E-state index in [0.717, 1.165) is 33.6 Å². The Morgan fingerprint density at radius 1 is 0.806 bits per heavy atom. The van der Waals surface area contributed by atoms with E-state index in [2.05, 4.69) is 0 Å². The van der Waals surface area contributed by atoms with Gasteiger partial charge >= 0.3 is 0 Å². The lowest BCUT2D eigenvalue weighted by molar-refractivity contribution is -0.128. The number of hydrogen-bond acceptors (Lipinski definition) is 3. The SMILES string of the molecule is COc1ccc(C2C(=O)N(c3ccc(C)cc3)CC(=O)N2c2ccc(C)c(C)c2)cc1. The fourth-order valence-electron chi connectivity index (χ4n) is 3.88. The van der Waals surface area contributed by atoms with Crippen molar-refractivity contribution in [2.75, 3.05) is 23.5 Å². The standard InChI is InChI=1S/C26H26N2O3/c1-17-5-10-21(11-6-17)27-16-24(29)28(22-12-7-18(2)19(3)15-22)25(26(27)30)20-8-13-23(31-4)14-9-20/h5-15,25H,16H2,1-4H3. The molecule has 2 amide bonds. The number of aryl methyl sites for hydroxylation is 3. The highest BCUT2D eigenvalue weighted by molar-refractivity contribution is 6.14. The van der Waals surface area contributed by atoms with E-state index < -0.39 is 6.04 Å². The average Bonchev–Trinajstić information content (AvgIpc) is 2.77. The molecule has 5 nitrogen and oxygen atoms in total. The van der Waals surface area contributed by atoms with Crippen LogP contribution >= 0.6 is 0 Å². The number of carbonyl (C=O) groups is 2. The third kappa shape index (κ3) is 3.91. The third-order valence-electron chi connectivity index (χ3n) is 5.87.